The highest BCUT2D eigenvalue weighted by Gasteiger charge is 2.33. The number of likely N-dealkylation sites (N-methyl/N-ethyl adjacent to an activating group) is 1. The Bertz CT molecular complexity index is 518. The molecule has 0 aliphatic heterocycles. The molecular formula is C16H23BrN2O3. The molecule has 6 heteroatoms. The Balaban J connectivity index is 1.76. The zero-order valence-corrected chi connectivity index (χ0v) is 14.6. The summed E-state index contributed by atoms with van der Waals surface area (Å²) < 4.78 is 6.18. The van der Waals surface area contributed by atoms with Crippen LogP contribution in [0.3, 0.4) is 0 Å². The number of carbonyl (C=O) groups is 1. The molecule has 1 saturated carbocycles. The zero-order valence-electron chi connectivity index (χ0n) is 13.0. The second kappa shape index (κ2) is 7.94. The van der Waals surface area contributed by atoms with E-state index in [1.165, 1.54) is 5.56 Å². The minimum absolute atomic E-state index is 0.138. The number of ether oxygens (including phenoxy) is 1. The summed E-state index contributed by atoms with van der Waals surface area (Å²) in [5.41, 5.74) is 1.20. The first-order valence-electron chi connectivity index (χ1n) is 7.55. The summed E-state index contributed by atoms with van der Waals surface area (Å²) in [6.07, 6.45) is 2.02. The lowest BCUT2D eigenvalue weighted by atomic mass is 9.85. The van der Waals surface area contributed by atoms with Crippen molar-refractivity contribution in [2.75, 3.05) is 20.2 Å². The second-order valence-electron chi connectivity index (χ2n) is 5.63. The molecule has 0 aromatic heterocycles. The number of aliphatic carboxylic acids is 1. The number of nitrogens with zero attached hydrogens (tertiary/aromatic N) is 1. The number of rotatable bonds is 8. The maximum absolute atomic E-state index is 10.8. The van der Waals surface area contributed by atoms with Gasteiger partial charge in [0.25, 0.3) is 0 Å². The first-order chi connectivity index (χ1) is 10.5. The Labute approximate surface area is 139 Å². The summed E-state index contributed by atoms with van der Waals surface area (Å²) in [5, 5.41) is 12.4. The van der Waals surface area contributed by atoms with Crippen molar-refractivity contribution in [1.29, 1.82) is 0 Å². The van der Waals surface area contributed by atoms with Crippen LogP contribution < -0.4 is 10.1 Å². The molecule has 1 aliphatic rings. The fraction of sp³-hybridized carbons (Fsp3) is 0.562. The molecule has 5 nitrogen and oxygen atoms in total. The van der Waals surface area contributed by atoms with Crippen LogP contribution in [0.1, 0.15) is 25.3 Å². The van der Waals surface area contributed by atoms with Gasteiger partial charge in [-0.25, -0.2) is 0 Å². The number of benzene rings is 1. The van der Waals surface area contributed by atoms with E-state index in [9.17, 15) is 4.79 Å². The molecule has 0 amide bonds. The van der Waals surface area contributed by atoms with Crippen molar-refractivity contribution >= 4 is 21.9 Å². The number of carboxylic acids is 1. The topological polar surface area (TPSA) is 61.8 Å². The largest absolute Gasteiger partial charge is 0.496 e. The van der Waals surface area contributed by atoms with Gasteiger partial charge in [0, 0.05) is 18.6 Å². The summed E-state index contributed by atoms with van der Waals surface area (Å²) in [6, 6.07) is 6.92. The third-order valence-corrected chi connectivity index (χ3v) is 4.80. The van der Waals surface area contributed by atoms with E-state index in [0.717, 1.165) is 36.2 Å². The van der Waals surface area contributed by atoms with Gasteiger partial charge >= 0.3 is 5.97 Å². The maximum atomic E-state index is 10.8. The molecule has 0 unspecified atom stereocenters. The van der Waals surface area contributed by atoms with Gasteiger partial charge in [-0.15, -0.1) is 0 Å². The molecule has 0 bridgehead atoms. The van der Waals surface area contributed by atoms with Gasteiger partial charge in [-0.1, -0.05) is 13.0 Å². The van der Waals surface area contributed by atoms with Crippen molar-refractivity contribution in [3.8, 4) is 5.75 Å². The fourth-order valence-corrected chi connectivity index (χ4v) is 3.40. The van der Waals surface area contributed by atoms with Gasteiger partial charge in [0.1, 0.15) is 5.75 Å². The van der Waals surface area contributed by atoms with E-state index < -0.39 is 5.97 Å². The minimum Gasteiger partial charge on any atom is -0.496 e. The summed E-state index contributed by atoms with van der Waals surface area (Å²) in [5.74, 6) is 0.0843. The van der Waals surface area contributed by atoms with Gasteiger partial charge in [-0.3, -0.25) is 9.69 Å². The summed E-state index contributed by atoms with van der Waals surface area (Å²) in [6.45, 7) is 3.75. The highest BCUT2D eigenvalue weighted by molar-refractivity contribution is 9.10. The number of nitrogens with one attached hydrogen (secondary N) is 1. The molecule has 0 atom stereocenters. The molecular weight excluding hydrogens is 348 g/mol. The van der Waals surface area contributed by atoms with Crippen LogP contribution in [0.25, 0.3) is 0 Å². The van der Waals surface area contributed by atoms with Gasteiger partial charge < -0.3 is 15.2 Å². The minimum atomic E-state index is -0.749. The van der Waals surface area contributed by atoms with Crippen molar-refractivity contribution in [2.45, 2.75) is 38.4 Å². The van der Waals surface area contributed by atoms with Gasteiger partial charge in [0.15, 0.2) is 0 Å². The maximum Gasteiger partial charge on any atom is 0.317 e. The van der Waals surface area contributed by atoms with E-state index in [2.05, 4.69) is 33.4 Å². The molecule has 1 aliphatic carbocycles. The number of halogens is 1. The normalized spacial score (nSPS) is 20.7. The molecule has 22 heavy (non-hydrogen) atoms. The van der Waals surface area contributed by atoms with Crippen LogP contribution in [0.15, 0.2) is 22.7 Å². The first kappa shape index (κ1) is 17.2. The van der Waals surface area contributed by atoms with Gasteiger partial charge in [0.05, 0.1) is 18.1 Å². The van der Waals surface area contributed by atoms with Crippen molar-refractivity contribution in [1.82, 2.24) is 10.2 Å². The van der Waals surface area contributed by atoms with E-state index in [0.29, 0.717) is 12.1 Å². The molecule has 0 saturated heterocycles. The molecule has 0 spiro atoms. The van der Waals surface area contributed by atoms with Crippen molar-refractivity contribution in [2.24, 2.45) is 0 Å². The van der Waals surface area contributed by atoms with Crippen LogP contribution in [0.5, 0.6) is 5.75 Å². The van der Waals surface area contributed by atoms with Gasteiger partial charge in [-0.2, -0.15) is 0 Å². The molecule has 1 fully saturated rings. The second-order valence-corrected chi connectivity index (χ2v) is 6.48. The summed E-state index contributed by atoms with van der Waals surface area (Å²) >= 11 is 3.49. The first-order valence-corrected chi connectivity index (χ1v) is 8.34. The van der Waals surface area contributed by atoms with E-state index in [4.69, 9.17) is 9.84 Å². The van der Waals surface area contributed by atoms with Crippen LogP contribution in [0, 0.1) is 0 Å². The van der Waals surface area contributed by atoms with E-state index in [1.54, 1.807) is 7.11 Å². The molecule has 1 aromatic carbocycles. The predicted octanol–water partition coefficient (Wildman–Crippen LogP) is 2.48. The monoisotopic (exact) mass is 370 g/mol. The highest BCUT2D eigenvalue weighted by atomic mass is 79.9. The molecule has 1 aromatic rings. The number of methoxy groups -OCH3 is 1. The van der Waals surface area contributed by atoms with Crippen LogP contribution >= 0.6 is 15.9 Å². The molecule has 0 radical (unpaired) electrons. The summed E-state index contributed by atoms with van der Waals surface area (Å²) in [7, 11) is 1.66. The van der Waals surface area contributed by atoms with E-state index in [-0.39, 0.29) is 6.54 Å². The van der Waals surface area contributed by atoms with Crippen LogP contribution in [-0.4, -0.2) is 48.3 Å². The van der Waals surface area contributed by atoms with Crippen LogP contribution in [0.4, 0.5) is 0 Å². The lowest BCUT2D eigenvalue weighted by molar-refractivity contribution is -0.139. The average molecular weight is 371 g/mol. The quantitative estimate of drug-likeness (QED) is 0.735. The summed E-state index contributed by atoms with van der Waals surface area (Å²) in [4.78, 5) is 12.8. The Morgan fingerprint density at radius 2 is 2.23 bits per heavy atom. The smallest absolute Gasteiger partial charge is 0.317 e. The van der Waals surface area contributed by atoms with E-state index in [1.807, 2.05) is 17.9 Å². The number of carboxylic acid groups (broad SMARTS) is 1. The molecule has 0 heterocycles. The fourth-order valence-electron chi connectivity index (χ4n) is 2.81. The highest BCUT2D eigenvalue weighted by Crippen LogP contribution is 2.27. The SMILES string of the molecule is CCN(CC(=O)O)C1CC(NCc2ccc(OC)c(Br)c2)C1. The lowest BCUT2D eigenvalue weighted by Gasteiger charge is -2.42. The van der Waals surface area contributed by atoms with Gasteiger partial charge in [0.2, 0.25) is 0 Å². The third kappa shape index (κ3) is 4.44. The van der Waals surface area contributed by atoms with Crippen molar-refractivity contribution in [3.63, 3.8) is 0 Å². The van der Waals surface area contributed by atoms with Crippen molar-refractivity contribution < 1.29 is 14.6 Å². The molecule has 2 rings (SSSR count). The molecule has 2 N–H and O–H groups in total. The Kier molecular flexibility index (Phi) is 6.23. The Morgan fingerprint density at radius 3 is 2.77 bits per heavy atom. The van der Waals surface area contributed by atoms with Gasteiger partial charge in [-0.05, 0) is 53.0 Å². The van der Waals surface area contributed by atoms with Crippen molar-refractivity contribution in [3.05, 3.63) is 28.2 Å². The van der Waals surface area contributed by atoms with Crippen LogP contribution in [-0.2, 0) is 11.3 Å². The van der Waals surface area contributed by atoms with E-state index >= 15 is 0 Å². The number of hydrogen-bond donors (Lipinski definition) is 2. The predicted molar refractivity (Wildman–Crippen MR) is 89.2 cm³/mol. The average Bonchev–Trinajstić information content (AvgIpc) is 2.44. The third-order valence-electron chi connectivity index (χ3n) is 4.19. The lowest BCUT2D eigenvalue weighted by Crippen LogP contribution is -2.53. The zero-order chi connectivity index (χ0) is 16.1. The van der Waals surface area contributed by atoms with Crippen LogP contribution in [0.2, 0.25) is 0 Å². The Morgan fingerprint density at radius 1 is 1.50 bits per heavy atom. The number of hydrogen-bond acceptors (Lipinski definition) is 4. The Hall–Kier alpha value is -1.11. The standard InChI is InChI=1S/C16H23BrN2O3/c1-3-19(10-16(20)21)13-7-12(8-13)18-9-11-4-5-15(22-2)14(17)6-11/h4-6,12-13,18H,3,7-10H2,1-2H3,(H,20,21). The molecule has 122 valence electrons.